The molecule has 2 aromatic heterocycles. The van der Waals surface area contributed by atoms with Crippen molar-refractivity contribution in [3.05, 3.63) is 43.0 Å². The van der Waals surface area contributed by atoms with Gasteiger partial charge in [-0.15, -0.1) is 0 Å². The monoisotopic (exact) mass is 289 g/mol. The van der Waals surface area contributed by atoms with Crippen LogP contribution in [-0.2, 0) is 17.1 Å². The third-order valence-corrected chi connectivity index (χ3v) is 3.88. The van der Waals surface area contributed by atoms with Crippen LogP contribution < -0.4 is 4.72 Å². The molecular formula is C12H11N5O2S. The first-order valence-electron chi connectivity index (χ1n) is 5.77. The molecule has 3 rings (SSSR count). The Hall–Kier alpha value is -2.48. The van der Waals surface area contributed by atoms with Crippen LogP contribution in [0.1, 0.15) is 0 Å². The molecule has 0 aliphatic carbocycles. The van der Waals surface area contributed by atoms with Gasteiger partial charge in [-0.2, -0.15) is 8.42 Å². The summed E-state index contributed by atoms with van der Waals surface area (Å²) in [6.45, 7) is 0. The fourth-order valence-corrected chi connectivity index (χ4v) is 2.69. The second kappa shape index (κ2) is 4.57. The van der Waals surface area contributed by atoms with E-state index in [4.69, 9.17) is 0 Å². The Kier molecular flexibility index (Phi) is 2.87. The highest BCUT2D eigenvalue weighted by Gasteiger charge is 2.18. The van der Waals surface area contributed by atoms with Crippen LogP contribution in [0.2, 0.25) is 0 Å². The highest BCUT2D eigenvalue weighted by atomic mass is 32.2. The number of hydrogen-bond acceptors (Lipinski definition) is 5. The van der Waals surface area contributed by atoms with E-state index >= 15 is 0 Å². The van der Waals surface area contributed by atoms with Gasteiger partial charge in [0.2, 0.25) is 0 Å². The van der Waals surface area contributed by atoms with Gasteiger partial charge in [-0.3, -0.25) is 9.71 Å². The Labute approximate surface area is 115 Å². The first-order chi connectivity index (χ1) is 9.54. The van der Waals surface area contributed by atoms with Crippen molar-refractivity contribution >= 4 is 26.9 Å². The number of fused-ring (bicyclic) bond motifs is 1. The van der Waals surface area contributed by atoms with Crippen LogP contribution in [0.15, 0.2) is 48.0 Å². The lowest BCUT2D eigenvalue weighted by atomic mass is 10.3. The molecule has 0 atom stereocenters. The lowest BCUT2D eigenvalue weighted by Gasteiger charge is -2.05. The van der Waals surface area contributed by atoms with E-state index in [9.17, 15) is 8.42 Å². The zero-order valence-electron chi connectivity index (χ0n) is 10.6. The maximum Gasteiger partial charge on any atom is 0.282 e. The molecule has 1 N–H and O–H groups in total. The number of aryl methyl sites for hydroxylation is 1. The SMILES string of the molecule is Cn1cnc(S(=O)(=O)Nc2cnc3ccccc3n2)c1. The highest BCUT2D eigenvalue weighted by Crippen LogP contribution is 2.15. The minimum Gasteiger partial charge on any atom is -0.339 e. The summed E-state index contributed by atoms with van der Waals surface area (Å²) in [7, 11) is -2.05. The Balaban J connectivity index is 1.96. The zero-order valence-corrected chi connectivity index (χ0v) is 11.4. The number of sulfonamides is 1. The molecular weight excluding hydrogens is 278 g/mol. The quantitative estimate of drug-likeness (QED) is 0.781. The lowest BCUT2D eigenvalue weighted by molar-refractivity contribution is 0.598. The fourth-order valence-electron chi connectivity index (χ4n) is 1.72. The normalized spacial score (nSPS) is 11.7. The molecule has 0 aliphatic rings. The Morgan fingerprint density at radius 3 is 2.60 bits per heavy atom. The molecule has 1 aromatic carbocycles. The summed E-state index contributed by atoms with van der Waals surface area (Å²) >= 11 is 0. The van der Waals surface area contributed by atoms with Crippen LogP contribution >= 0.6 is 0 Å². The summed E-state index contributed by atoms with van der Waals surface area (Å²) < 4.78 is 28.1. The molecule has 20 heavy (non-hydrogen) atoms. The van der Waals surface area contributed by atoms with Crippen molar-refractivity contribution in [3.8, 4) is 0 Å². The van der Waals surface area contributed by atoms with Crippen molar-refractivity contribution in [1.82, 2.24) is 19.5 Å². The number of imidazole rings is 1. The summed E-state index contributed by atoms with van der Waals surface area (Å²) in [5.74, 6) is 0.161. The Morgan fingerprint density at radius 2 is 1.90 bits per heavy atom. The summed E-state index contributed by atoms with van der Waals surface area (Å²) in [6, 6.07) is 7.23. The van der Waals surface area contributed by atoms with Crippen LogP contribution in [0.25, 0.3) is 11.0 Å². The van der Waals surface area contributed by atoms with Gasteiger partial charge in [0.05, 0.1) is 23.6 Å². The Morgan fingerprint density at radius 1 is 1.15 bits per heavy atom. The molecule has 0 fully saturated rings. The van der Waals surface area contributed by atoms with Crippen molar-refractivity contribution in [3.63, 3.8) is 0 Å². The van der Waals surface area contributed by atoms with E-state index in [1.165, 1.54) is 18.7 Å². The second-order valence-corrected chi connectivity index (χ2v) is 5.86. The first-order valence-corrected chi connectivity index (χ1v) is 7.25. The second-order valence-electron chi connectivity index (χ2n) is 4.23. The van der Waals surface area contributed by atoms with E-state index in [1.54, 1.807) is 23.7 Å². The van der Waals surface area contributed by atoms with Gasteiger partial charge in [-0.25, -0.2) is 9.97 Å². The van der Waals surface area contributed by atoms with Crippen LogP contribution in [0.4, 0.5) is 5.82 Å². The van der Waals surface area contributed by atoms with Gasteiger partial charge in [0.15, 0.2) is 10.8 Å². The molecule has 8 heteroatoms. The van der Waals surface area contributed by atoms with Crippen molar-refractivity contribution in [2.75, 3.05) is 4.72 Å². The number of para-hydroxylation sites is 2. The van der Waals surface area contributed by atoms with E-state index in [-0.39, 0.29) is 10.8 Å². The highest BCUT2D eigenvalue weighted by molar-refractivity contribution is 7.92. The largest absolute Gasteiger partial charge is 0.339 e. The van der Waals surface area contributed by atoms with Gasteiger partial charge < -0.3 is 4.57 Å². The first kappa shape index (κ1) is 12.5. The number of aromatic nitrogens is 4. The molecule has 3 aromatic rings. The van der Waals surface area contributed by atoms with Gasteiger partial charge in [0.25, 0.3) is 10.0 Å². The molecule has 0 spiro atoms. The van der Waals surface area contributed by atoms with Crippen LogP contribution in [0, 0.1) is 0 Å². The number of anilines is 1. The third-order valence-electron chi connectivity index (χ3n) is 2.64. The molecule has 0 saturated heterocycles. The summed E-state index contributed by atoms with van der Waals surface area (Å²) in [5.41, 5.74) is 1.32. The van der Waals surface area contributed by atoms with Gasteiger partial charge >= 0.3 is 0 Å². The van der Waals surface area contributed by atoms with E-state index in [2.05, 4.69) is 19.7 Å². The Bertz CT molecular complexity index is 872. The van der Waals surface area contributed by atoms with Crippen LogP contribution in [0.5, 0.6) is 0 Å². The molecule has 0 bridgehead atoms. The van der Waals surface area contributed by atoms with E-state index in [0.717, 1.165) is 0 Å². The maximum absolute atomic E-state index is 12.1. The summed E-state index contributed by atoms with van der Waals surface area (Å²) in [5, 5.41) is -0.0602. The molecule has 0 radical (unpaired) electrons. The van der Waals surface area contributed by atoms with Crippen molar-refractivity contribution in [2.24, 2.45) is 7.05 Å². The van der Waals surface area contributed by atoms with Crippen molar-refractivity contribution < 1.29 is 8.42 Å². The smallest absolute Gasteiger partial charge is 0.282 e. The van der Waals surface area contributed by atoms with Crippen molar-refractivity contribution in [1.29, 1.82) is 0 Å². The fraction of sp³-hybridized carbons (Fsp3) is 0.0833. The third kappa shape index (κ3) is 2.32. The minimum atomic E-state index is -3.75. The number of benzene rings is 1. The predicted molar refractivity (Wildman–Crippen MR) is 73.6 cm³/mol. The molecule has 102 valence electrons. The molecule has 0 unspecified atom stereocenters. The van der Waals surface area contributed by atoms with Crippen LogP contribution in [0.3, 0.4) is 0 Å². The average molecular weight is 289 g/mol. The van der Waals surface area contributed by atoms with E-state index in [1.807, 2.05) is 12.1 Å². The number of hydrogen-bond donors (Lipinski definition) is 1. The van der Waals surface area contributed by atoms with Gasteiger partial charge in [-0.1, -0.05) is 12.1 Å². The lowest BCUT2D eigenvalue weighted by Crippen LogP contribution is -2.14. The number of nitrogens with zero attached hydrogens (tertiary/aromatic N) is 4. The minimum absolute atomic E-state index is 0.0602. The average Bonchev–Trinajstić information content (AvgIpc) is 2.86. The number of nitrogens with one attached hydrogen (secondary N) is 1. The molecule has 0 aliphatic heterocycles. The summed E-state index contributed by atoms with van der Waals surface area (Å²) in [6.07, 6.45) is 4.21. The van der Waals surface area contributed by atoms with Gasteiger partial charge in [-0.05, 0) is 12.1 Å². The van der Waals surface area contributed by atoms with Gasteiger partial charge in [0.1, 0.15) is 0 Å². The maximum atomic E-state index is 12.1. The van der Waals surface area contributed by atoms with E-state index < -0.39 is 10.0 Å². The molecule has 0 saturated carbocycles. The van der Waals surface area contributed by atoms with Crippen LogP contribution in [-0.4, -0.2) is 27.9 Å². The standard InChI is InChI=1S/C12H11N5O2S/c1-17-7-12(14-8-17)20(18,19)16-11-6-13-9-4-2-3-5-10(9)15-11/h2-8H,1H3,(H,15,16). The predicted octanol–water partition coefficient (Wildman–Crippen LogP) is 1.16. The van der Waals surface area contributed by atoms with Gasteiger partial charge in [0, 0.05) is 13.2 Å². The molecule has 2 heterocycles. The van der Waals surface area contributed by atoms with Crippen molar-refractivity contribution in [2.45, 2.75) is 5.03 Å². The molecule has 0 amide bonds. The van der Waals surface area contributed by atoms with E-state index in [0.29, 0.717) is 11.0 Å². The topological polar surface area (TPSA) is 89.8 Å². The number of rotatable bonds is 3. The molecule has 7 nitrogen and oxygen atoms in total. The summed E-state index contributed by atoms with van der Waals surface area (Å²) in [4.78, 5) is 12.2. The zero-order chi connectivity index (χ0) is 14.2.